The summed E-state index contributed by atoms with van der Waals surface area (Å²) in [6.07, 6.45) is 1.84. The Labute approximate surface area is 72.8 Å². The van der Waals surface area contributed by atoms with Gasteiger partial charge in [0.25, 0.3) is 0 Å². The maximum absolute atomic E-state index is 10.6. The molecule has 3 heteroatoms. The van der Waals surface area contributed by atoms with Crippen molar-refractivity contribution in [2.75, 3.05) is 14.1 Å². The quantitative estimate of drug-likeness (QED) is 0.480. The monoisotopic (exact) mass is 175 g/mol. The van der Waals surface area contributed by atoms with Crippen LogP contribution in [0.4, 0.5) is 0 Å². The molecule has 0 aliphatic heterocycles. The Bertz CT molecular complexity index is 175. The smallest absolute Gasteiger partial charge is 0.247 e. The van der Waals surface area contributed by atoms with Crippen LogP contribution >= 0.6 is 11.6 Å². The third-order valence-corrected chi connectivity index (χ3v) is 1.91. The van der Waals surface area contributed by atoms with Gasteiger partial charge in [-0.2, -0.15) is 0 Å². The third kappa shape index (κ3) is 4.17. The highest BCUT2D eigenvalue weighted by Gasteiger charge is 2.04. The topological polar surface area (TPSA) is 20.3 Å². The van der Waals surface area contributed by atoms with Crippen molar-refractivity contribution in [2.45, 2.75) is 19.9 Å². The van der Waals surface area contributed by atoms with Crippen LogP contribution in [0.25, 0.3) is 0 Å². The van der Waals surface area contributed by atoms with Gasteiger partial charge >= 0.3 is 0 Å². The summed E-state index contributed by atoms with van der Waals surface area (Å²) in [5, 5.41) is -0.376. The van der Waals surface area contributed by atoms with Crippen molar-refractivity contribution < 1.29 is 4.79 Å². The van der Waals surface area contributed by atoms with Gasteiger partial charge in [-0.25, -0.2) is 0 Å². The Morgan fingerprint density at radius 1 is 1.55 bits per heavy atom. The average Bonchev–Trinajstić information content (AvgIpc) is 1.87. The molecule has 0 aromatic rings. The molecule has 0 N–H and O–H groups in total. The Morgan fingerprint density at radius 2 is 2.00 bits per heavy atom. The second-order valence-electron chi connectivity index (χ2n) is 2.83. The fourth-order valence-corrected chi connectivity index (χ4v) is 0.639. The predicted molar refractivity (Wildman–Crippen MR) is 47.8 cm³/mol. The Hall–Kier alpha value is -0.340. The van der Waals surface area contributed by atoms with E-state index in [2.05, 4.69) is 0 Å². The molecule has 11 heavy (non-hydrogen) atoms. The number of allylic oxidation sites excluding steroid dienone is 1. The molecule has 0 aromatic heterocycles. The first kappa shape index (κ1) is 10.7. The molecule has 0 radical (unpaired) electrons. The summed E-state index contributed by atoms with van der Waals surface area (Å²) in [7, 11) is 3.90. The van der Waals surface area contributed by atoms with Crippen LogP contribution in [0.1, 0.15) is 13.8 Å². The Kier molecular flexibility index (Phi) is 4.38. The van der Waals surface area contributed by atoms with Crippen LogP contribution in [0.5, 0.6) is 0 Å². The molecule has 0 saturated heterocycles. The van der Waals surface area contributed by atoms with Gasteiger partial charge in [-0.05, 0) is 39.5 Å². The summed E-state index contributed by atoms with van der Waals surface area (Å²) in [4.78, 5) is 12.6. The average molecular weight is 176 g/mol. The van der Waals surface area contributed by atoms with Crippen molar-refractivity contribution in [1.29, 1.82) is 0 Å². The Balaban J connectivity index is 4.19. The SMILES string of the molecule is C/C(=C\C(C)N(C)C)C(=O)Cl. The molecule has 0 fully saturated rings. The predicted octanol–water partition coefficient (Wildman–Crippen LogP) is 1.65. The minimum Gasteiger partial charge on any atom is -0.303 e. The Morgan fingerprint density at radius 3 is 2.27 bits per heavy atom. The molecule has 0 saturated carbocycles. The lowest BCUT2D eigenvalue weighted by Crippen LogP contribution is -2.22. The maximum Gasteiger partial charge on any atom is 0.247 e. The van der Waals surface area contributed by atoms with Gasteiger partial charge in [0.2, 0.25) is 5.24 Å². The lowest BCUT2D eigenvalue weighted by atomic mass is 10.2. The number of likely N-dealkylation sites (N-methyl/N-ethyl adjacent to an activating group) is 1. The molecule has 1 unspecified atom stereocenters. The van der Waals surface area contributed by atoms with Crippen LogP contribution < -0.4 is 0 Å². The fraction of sp³-hybridized carbons (Fsp3) is 0.625. The zero-order chi connectivity index (χ0) is 9.02. The molecule has 0 spiro atoms. The van der Waals surface area contributed by atoms with Crippen molar-refractivity contribution >= 4 is 16.8 Å². The number of carbonyl (C=O) groups excluding carboxylic acids is 1. The number of carbonyl (C=O) groups is 1. The number of rotatable bonds is 3. The van der Waals surface area contributed by atoms with E-state index in [0.717, 1.165) is 0 Å². The molecule has 0 aliphatic rings. The van der Waals surface area contributed by atoms with E-state index in [1.54, 1.807) is 6.92 Å². The van der Waals surface area contributed by atoms with Crippen molar-refractivity contribution in [2.24, 2.45) is 0 Å². The summed E-state index contributed by atoms with van der Waals surface area (Å²) in [6, 6.07) is 0.248. The summed E-state index contributed by atoms with van der Waals surface area (Å²) in [5.41, 5.74) is 0.605. The molecule has 0 aliphatic carbocycles. The van der Waals surface area contributed by atoms with E-state index in [0.29, 0.717) is 5.57 Å². The van der Waals surface area contributed by atoms with E-state index in [1.807, 2.05) is 32.0 Å². The van der Waals surface area contributed by atoms with Crippen LogP contribution in [0, 0.1) is 0 Å². The van der Waals surface area contributed by atoms with Crippen LogP contribution in [-0.4, -0.2) is 30.3 Å². The summed E-state index contributed by atoms with van der Waals surface area (Å²) in [6.45, 7) is 3.72. The number of hydrogen-bond donors (Lipinski definition) is 0. The molecule has 0 heterocycles. The zero-order valence-corrected chi connectivity index (χ0v) is 8.14. The number of halogens is 1. The molecule has 0 aromatic carbocycles. The van der Waals surface area contributed by atoms with Gasteiger partial charge in [-0.15, -0.1) is 0 Å². The van der Waals surface area contributed by atoms with E-state index in [-0.39, 0.29) is 11.3 Å². The van der Waals surface area contributed by atoms with Crippen LogP contribution in [0.2, 0.25) is 0 Å². The van der Waals surface area contributed by atoms with Crippen molar-refractivity contribution in [3.63, 3.8) is 0 Å². The van der Waals surface area contributed by atoms with Crippen molar-refractivity contribution in [1.82, 2.24) is 4.90 Å². The van der Waals surface area contributed by atoms with Gasteiger partial charge in [-0.3, -0.25) is 4.79 Å². The first-order valence-electron chi connectivity index (χ1n) is 3.50. The van der Waals surface area contributed by atoms with E-state index in [1.165, 1.54) is 0 Å². The minimum atomic E-state index is -0.376. The fourth-order valence-electron chi connectivity index (χ4n) is 0.576. The van der Waals surface area contributed by atoms with Gasteiger partial charge in [0, 0.05) is 11.6 Å². The highest BCUT2D eigenvalue weighted by Crippen LogP contribution is 2.03. The largest absolute Gasteiger partial charge is 0.303 e. The zero-order valence-electron chi connectivity index (χ0n) is 7.39. The first-order chi connectivity index (χ1) is 4.95. The molecule has 2 nitrogen and oxygen atoms in total. The second-order valence-corrected chi connectivity index (χ2v) is 3.17. The molecule has 64 valence electrons. The molecule has 1 atom stereocenters. The van der Waals surface area contributed by atoms with Crippen LogP contribution in [0.15, 0.2) is 11.6 Å². The van der Waals surface area contributed by atoms with Gasteiger partial charge in [0.05, 0.1) is 0 Å². The van der Waals surface area contributed by atoms with Gasteiger partial charge in [0.1, 0.15) is 0 Å². The van der Waals surface area contributed by atoms with Crippen molar-refractivity contribution in [3.8, 4) is 0 Å². The lowest BCUT2D eigenvalue weighted by molar-refractivity contribution is -0.108. The van der Waals surface area contributed by atoms with E-state index in [9.17, 15) is 4.79 Å². The standard InChI is InChI=1S/C8H14ClNO/c1-6(8(9)11)5-7(2)10(3)4/h5,7H,1-4H3/b6-5+. The van der Waals surface area contributed by atoms with Gasteiger partial charge < -0.3 is 4.90 Å². The molecular weight excluding hydrogens is 162 g/mol. The van der Waals surface area contributed by atoms with Gasteiger partial charge in [-0.1, -0.05) is 6.08 Å². The van der Waals surface area contributed by atoms with E-state index in [4.69, 9.17) is 11.6 Å². The summed E-state index contributed by atoms with van der Waals surface area (Å²) >= 11 is 5.25. The van der Waals surface area contributed by atoms with Crippen LogP contribution in [0.3, 0.4) is 0 Å². The van der Waals surface area contributed by atoms with Crippen LogP contribution in [-0.2, 0) is 4.79 Å². The highest BCUT2D eigenvalue weighted by atomic mass is 35.5. The molecule has 0 amide bonds. The van der Waals surface area contributed by atoms with Gasteiger partial charge in [0.15, 0.2) is 0 Å². The second kappa shape index (κ2) is 4.52. The third-order valence-electron chi connectivity index (χ3n) is 1.62. The normalized spacial score (nSPS) is 15.3. The first-order valence-corrected chi connectivity index (χ1v) is 3.87. The lowest BCUT2D eigenvalue weighted by Gasteiger charge is -2.15. The minimum absolute atomic E-state index is 0.248. The van der Waals surface area contributed by atoms with Crippen molar-refractivity contribution in [3.05, 3.63) is 11.6 Å². The molecular formula is C8H14ClNO. The van der Waals surface area contributed by atoms with E-state index < -0.39 is 0 Å². The number of nitrogens with zero attached hydrogens (tertiary/aromatic N) is 1. The summed E-state index contributed by atoms with van der Waals surface area (Å²) < 4.78 is 0. The number of hydrogen-bond acceptors (Lipinski definition) is 2. The molecule has 0 bridgehead atoms. The van der Waals surface area contributed by atoms with E-state index >= 15 is 0 Å². The highest BCUT2D eigenvalue weighted by molar-refractivity contribution is 6.67. The maximum atomic E-state index is 10.6. The molecule has 0 rings (SSSR count). The summed E-state index contributed by atoms with van der Waals surface area (Å²) in [5.74, 6) is 0.